The summed E-state index contributed by atoms with van der Waals surface area (Å²) in [6.45, 7) is 1.33. The lowest BCUT2D eigenvalue weighted by molar-refractivity contribution is -0.108. The number of carbonyl (C=O) groups is 2. The average Bonchev–Trinajstić information content (AvgIpc) is 3.19. The van der Waals surface area contributed by atoms with Crippen molar-refractivity contribution in [2.24, 2.45) is 5.92 Å². The van der Waals surface area contributed by atoms with Gasteiger partial charge in [0.05, 0.1) is 6.20 Å². The van der Waals surface area contributed by atoms with E-state index in [9.17, 15) is 9.59 Å². The topological polar surface area (TPSA) is 82.5 Å². The molecule has 4 heterocycles. The van der Waals surface area contributed by atoms with Gasteiger partial charge in [-0.2, -0.15) is 0 Å². The van der Waals surface area contributed by atoms with Crippen LogP contribution in [0.15, 0.2) is 55.0 Å². The Morgan fingerprint density at radius 2 is 1.91 bits per heavy atom. The summed E-state index contributed by atoms with van der Waals surface area (Å²) >= 11 is 5.98. The Bertz CT molecular complexity index is 1200. The number of carbonyl (C=O) groups excluding carboxylic acids is 2. The lowest BCUT2D eigenvalue weighted by atomic mass is 9.90. The first-order chi connectivity index (χ1) is 17.0. The molecule has 1 atom stereocenters. The molecule has 1 aromatic carbocycles. The summed E-state index contributed by atoms with van der Waals surface area (Å²) in [6.07, 6.45) is 9.00. The summed E-state index contributed by atoms with van der Waals surface area (Å²) in [6, 6.07) is 11.5. The second-order valence-electron chi connectivity index (χ2n) is 9.05. The van der Waals surface area contributed by atoms with E-state index in [2.05, 4.69) is 27.1 Å². The molecule has 1 fully saturated rings. The van der Waals surface area contributed by atoms with Crippen LogP contribution >= 0.6 is 11.6 Å². The highest BCUT2D eigenvalue weighted by molar-refractivity contribution is 6.30. The van der Waals surface area contributed by atoms with Crippen LogP contribution in [0.1, 0.15) is 24.8 Å². The van der Waals surface area contributed by atoms with Crippen molar-refractivity contribution in [2.75, 3.05) is 29.9 Å². The summed E-state index contributed by atoms with van der Waals surface area (Å²) in [5, 5.41) is 0.752. The molecule has 1 unspecified atom stereocenters. The molecule has 0 aliphatic carbocycles. The zero-order valence-electron chi connectivity index (χ0n) is 19.5. The molecule has 180 valence electrons. The van der Waals surface area contributed by atoms with Gasteiger partial charge >= 0.3 is 6.03 Å². The maximum Gasteiger partial charge on any atom is 0.326 e. The molecule has 0 bridgehead atoms. The first-order valence-electron chi connectivity index (χ1n) is 11.8. The minimum absolute atomic E-state index is 0.179. The molecular formula is C26H27ClN6O2. The van der Waals surface area contributed by atoms with Crippen LogP contribution in [0.5, 0.6) is 0 Å². The Hall–Kier alpha value is -3.52. The van der Waals surface area contributed by atoms with Crippen LogP contribution in [0, 0.1) is 5.92 Å². The fraction of sp³-hybridized carbons (Fsp3) is 0.346. The van der Waals surface area contributed by atoms with Gasteiger partial charge in [-0.05, 0) is 61.4 Å². The van der Waals surface area contributed by atoms with Crippen molar-refractivity contribution in [1.82, 2.24) is 19.9 Å². The van der Waals surface area contributed by atoms with Crippen molar-refractivity contribution < 1.29 is 9.59 Å². The fourth-order valence-corrected chi connectivity index (χ4v) is 4.95. The normalized spacial score (nSPS) is 18.0. The van der Waals surface area contributed by atoms with Crippen LogP contribution in [0.2, 0.25) is 5.02 Å². The molecular weight excluding hydrogens is 464 g/mol. The van der Waals surface area contributed by atoms with Gasteiger partial charge in [0.15, 0.2) is 24.1 Å². The first kappa shape index (κ1) is 23.2. The van der Waals surface area contributed by atoms with Gasteiger partial charge in [0.1, 0.15) is 5.69 Å². The summed E-state index contributed by atoms with van der Waals surface area (Å²) in [5.41, 5.74) is 2.60. The molecule has 3 aromatic rings. The number of halogens is 1. The number of amides is 2. The number of piperidine rings is 1. The Morgan fingerprint density at radius 1 is 1.14 bits per heavy atom. The first-order valence-corrected chi connectivity index (χ1v) is 12.2. The van der Waals surface area contributed by atoms with Gasteiger partial charge in [-0.15, -0.1) is 0 Å². The zero-order valence-corrected chi connectivity index (χ0v) is 20.3. The number of benzene rings is 1. The average molecular weight is 491 g/mol. The van der Waals surface area contributed by atoms with Crippen LogP contribution in [0.4, 0.5) is 16.3 Å². The molecule has 1 saturated heterocycles. The molecule has 0 N–H and O–H groups in total. The highest BCUT2D eigenvalue weighted by Crippen LogP contribution is 2.38. The van der Waals surface area contributed by atoms with Gasteiger partial charge in [0.25, 0.3) is 0 Å². The van der Waals surface area contributed by atoms with E-state index in [1.165, 1.54) is 10.5 Å². The van der Waals surface area contributed by atoms with Crippen LogP contribution < -0.4 is 9.80 Å². The number of pyridine rings is 1. The third kappa shape index (κ3) is 4.71. The second-order valence-corrected chi connectivity index (χ2v) is 9.49. The standard InChI is InChI=1S/C26H27ClN6O2/c1-31-23(17-34)33(22-16-29-24(30-25(22)31)20-3-2-12-28-15-20)26(35)32-13-10-19(11-14-32)5-4-18-6-8-21(27)9-7-18/h2-3,6-9,12,15-17,19,23H,4-5,10-11,13-14H2,1H3. The monoisotopic (exact) mass is 490 g/mol. The number of aldehydes is 1. The van der Waals surface area contributed by atoms with Crippen molar-refractivity contribution in [3.63, 3.8) is 0 Å². The fourth-order valence-electron chi connectivity index (χ4n) is 4.83. The number of nitrogens with zero attached hydrogens (tertiary/aromatic N) is 6. The third-order valence-corrected chi connectivity index (χ3v) is 7.14. The quantitative estimate of drug-likeness (QED) is 0.492. The number of likely N-dealkylation sites (N-methyl/N-ethyl adjacent to an activating group) is 1. The number of aromatic nitrogens is 3. The van der Waals surface area contributed by atoms with Crippen LogP contribution in [0.3, 0.4) is 0 Å². The summed E-state index contributed by atoms with van der Waals surface area (Å²) in [4.78, 5) is 43.9. The summed E-state index contributed by atoms with van der Waals surface area (Å²) < 4.78 is 0. The largest absolute Gasteiger partial charge is 0.331 e. The summed E-state index contributed by atoms with van der Waals surface area (Å²) in [5.74, 6) is 1.63. The smallest absolute Gasteiger partial charge is 0.326 e. The van der Waals surface area contributed by atoms with E-state index in [4.69, 9.17) is 11.6 Å². The number of anilines is 2. The number of urea groups is 1. The van der Waals surface area contributed by atoms with Gasteiger partial charge in [-0.1, -0.05) is 23.7 Å². The van der Waals surface area contributed by atoms with Crippen molar-refractivity contribution >= 4 is 35.4 Å². The molecule has 9 heteroatoms. The Kier molecular flexibility index (Phi) is 6.63. The number of aryl methyl sites for hydroxylation is 1. The molecule has 0 saturated carbocycles. The van der Waals surface area contributed by atoms with Gasteiger partial charge < -0.3 is 9.80 Å². The Morgan fingerprint density at radius 3 is 2.60 bits per heavy atom. The van der Waals surface area contributed by atoms with Crippen molar-refractivity contribution in [3.8, 4) is 11.4 Å². The van der Waals surface area contributed by atoms with Gasteiger partial charge in [0.2, 0.25) is 0 Å². The minimum Gasteiger partial charge on any atom is -0.331 e. The highest BCUT2D eigenvalue weighted by Gasteiger charge is 2.41. The molecule has 0 radical (unpaired) electrons. The lowest BCUT2D eigenvalue weighted by Crippen LogP contribution is -2.53. The zero-order chi connectivity index (χ0) is 24.4. The van der Waals surface area contributed by atoms with E-state index in [1.54, 1.807) is 30.5 Å². The number of fused-ring (bicyclic) bond motifs is 1. The van der Waals surface area contributed by atoms with Crippen molar-refractivity contribution in [1.29, 1.82) is 0 Å². The molecule has 2 amide bonds. The van der Waals surface area contributed by atoms with Crippen LogP contribution in [-0.2, 0) is 11.2 Å². The summed E-state index contributed by atoms with van der Waals surface area (Å²) in [7, 11) is 1.77. The number of hydrogen-bond acceptors (Lipinski definition) is 6. The van der Waals surface area contributed by atoms with Crippen molar-refractivity contribution in [2.45, 2.75) is 31.8 Å². The molecule has 5 rings (SSSR count). The molecule has 8 nitrogen and oxygen atoms in total. The number of rotatable bonds is 5. The molecule has 2 aliphatic rings. The van der Waals surface area contributed by atoms with E-state index >= 15 is 0 Å². The Labute approximate surface area is 209 Å². The maximum absolute atomic E-state index is 13.5. The van der Waals surface area contributed by atoms with Crippen molar-refractivity contribution in [3.05, 3.63) is 65.6 Å². The van der Waals surface area contributed by atoms with Gasteiger partial charge in [0, 0.05) is 43.1 Å². The van der Waals surface area contributed by atoms with Gasteiger partial charge in [-0.3, -0.25) is 14.7 Å². The highest BCUT2D eigenvalue weighted by atomic mass is 35.5. The lowest BCUT2D eigenvalue weighted by Gasteiger charge is -2.36. The number of hydrogen-bond donors (Lipinski definition) is 0. The molecule has 0 spiro atoms. The van der Waals surface area contributed by atoms with Crippen LogP contribution in [-0.4, -0.2) is 58.5 Å². The van der Waals surface area contributed by atoms with E-state index in [1.807, 2.05) is 29.2 Å². The minimum atomic E-state index is -0.751. The number of likely N-dealkylation sites (tertiary alicyclic amines) is 1. The molecule has 35 heavy (non-hydrogen) atoms. The SMILES string of the molecule is CN1c2nc(-c3cccnc3)ncc2N(C(=O)N2CCC(CCc3ccc(Cl)cc3)CC2)C1C=O. The molecule has 2 aliphatic heterocycles. The van der Waals surface area contributed by atoms with E-state index in [0.29, 0.717) is 36.3 Å². The van der Waals surface area contributed by atoms with E-state index in [-0.39, 0.29) is 6.03 Å². The van der Waals surface area contributed by atoms with E-state index < -0.39 is 6.17 Å². The predicted octanol–water partition coefficient (Wildman–Crippen LogP) is 4.44. The molecule has 2 aromatic heterocycles. The van der Waals surface area contributed by atoms with Gasteiger partial charge in [-0.25, -0.2) is 14.8 Å². The van der Waals surface area contributed by atoms with Crippen LogP contribution in [0.25, 0.3) is 11.4 Å². The maximum atomic E-state index is 13.5. The third-order valence-electron chi connectivity index (χ3n) is 6.89. The predicted molar refractivity (Wildman–Crippen MR) is 135 cm³/mol. The second kappa shape index (κ2) is 10.00. The van der Waals surface area contributed by atoms with E-state index in [0.717, 1.165) is 42.6 Å². The Balaban J connectivity index is 1.26.